The third-order valence-electron chi connectivity index (χ3n) is 2.08. The van der Waals surface area contributed by atoms with Gasteiger partial charge < -0.3 is 11.1 Å². The molecule has 0 saturated carbocycles. The number of rotatable bonds is 2. The van der Waals surface area contributed by atoms with Gasteiger partial charge in [0.05, 0.1) is 0 Å². The molecule has 1 amide bonds. The van der Waals surface area contributed by atoms with Gasteiger partial charge in [-0.25, -0.2) is 4.98 Å². The molecule has 1 aromatic heterocycles. The topological polar surface area (TPSA) is 68.0 Å². The van der Waals surface area contributed by atoms with Crippen molar-refractivity contribution in [1.29, 1.82) is 0 Å². The molecule has 1 aromatic carbocycles. The maximum absolute atomic E-state index is 11.7. The van der Waals surface area contributed by atoms with E-state index in [0.717, 1.165) is 0 Å². The summed E-state index contributed by atoms with van der Waals surface area (Å²) in [5.74, 6) is 0.336. The second-order valence-corrected chi connectivity index (χ2v) is 3.29. The van der Waals surface area contributed by atoms with E-state index in [4.69, 9.17) is 5.73 Å². The zero-order valence-corrected chi connectivity index (χ0v) is 11.0. The molecule has 2 aromatic rings. The largest absolute Gasteiger partial charge is 0.399 e. The Bertz CT molecular complexity index is 488. The molecule has 0 aliphatic carbocycles. The average molecular weight is 286 g/mol. The summed E-state index contributed by atoms with van der Waals surface area (Å²) >= 11 is 0. The van der Waals surface area contributed by atoms with Gasteiger partial charge >= 0.3 is 0 Å². The number of hydrogen-bond donors (Lipinski definition) is 2. The smallest absolute Gasteiger partial charge is 0.256 e. The Morgan fingerprint density at radius 2 is 1.72 bits per heavy atom. The lowest BCUT2D eigenvalue weighted by atomic mass is 10.2. The standard InChI is InChI=1S/C12H11N3O.2ClH/c13-10-6-4-9(5-7-10)12(16)15-11-3-1-2-8-14-11;;/h1-8H,13H2,(H,14,15,16);2*1H. The Morgan fingerprint density at radius 1 is 1.06 bits per heavy atom. The van der Waals surface area contributed by atoms with E-state index < -0.39 is 0 Å². The van der Waals surface area contributed by atoms with E-state index >= 15 is 0 Å². The molecule has 0 unspecified atom stereocenters. The van der Waals surface area contributed by atoms with Crippen LogP contribution in [0, 0.1) is 0 Å². The predicted octanol–water partition coefficient (Wildman–Crippen LogP) is 2.76. The molecule has 1 heterocycles. The van der Waals surface area contributed by atoms with Gasteiger partial charge in [-0.2, -0.15) is 0 Å². The van der Waals surface area contributed by atoms with Crippen LogP contribution >= 0.6 is 24.8 Å². The molecular weight excluding hydrogens is 273 g/mol. The third-order valence-corrected chi connectivity index (χ3v) is 2.08. The highest BCUT2D eigenvalue weighted by Gasteiger charge is 2.05. The van der Waals surface area contributed by atoms with Crippen LogP contribution in [-0.2, 0) is 0 Å². The van der Waals surface area contributed by atoms with E-state index in [2.05, 4.69) is 10.3 Å². The fraction of sp³-hybridized carbons (Fsp3) is 0. The Labute approximate surface area is 117 Å². The molecule has 0 aliphatic rings. The molecule has 0 atom stereocenters. The van der Waals surface area contributed by atoms with Crippen molar-refractivity contribution in [3.63, 3.8) is 0 Å². The first-order valence-corrected chi connectivity index (χ1v) is 4.83. The van der Waals surface area contributed by atoms with Gasteiger partial charge in [0.1, 0.15) is 5.82 Å². The van der Waals surface area contributed by atoms with Crippen molar-refractivity contribution in [2.45, 2.75) is 0 Å². The molecule has 96 valence electrons. The van der Waals surface area contributed by atoms with Gasteiger partial charge in [0.2, 0.25) is 0 Å². The lowest BCUT2D eigenvalue weighted by molar-refractivity contribution is 0.102. The summed E-state index contributed by atoms with van der Waals surface area (Å²) < 4.78 is 0. The van der Waals surface area contributed by atoms with Crippen LogP contribution < -0.4 is 11.1 Å². The highest BCUT2D eigenvalue weighted by Crippen LogP contribution is 2.08. The van der Waals surface area contributed by atoms with E-state index in [1.165, 1.54) is 0 Å². The van der Waals surface area contributed by atoms with Crippen LogP contribution in [0.1, 0.15) is 10.4 Å². The molecule has 0 fully saturated rings. The molecule has 0 aliphatic heterocycles. The number of nitrogens with zero attached hydrogens (tertiary/aromatic N) is 1. The number of carbonyl (C=O) groups excluding carboxylic acids is 1. The number of benzene rings is 1. The normalized spacial score (nSPS) is 8.67. The molecule has 4 nitrogen and oxygen atoms in total. The van der Waals surface area contributed by atoms with Gasteiger partial charge in [-0.15, -0.1) is 24.8 Å². The van der Waals surface area contributed by atoms with Crippen molar-refractivity contribution < 1.29 is 4.79 Å². The molecule has 3 N–H and O–H groups in total. The molecule has 0 bridgehead atoms. The Kier molecular flexibility index (Phi) is 6.78. The van der Waals surface area contributed by atoms with E-state index in [1.807, 2.05) is 6.07 Å². The van der Waals surface area contributed by atoms with E-state index in [0.29, 0.717) is 17.1 Å². The zero-order chi connectivity index (χ0) is 11.4. The number of nitrogens with two attached hydrogens (primary N) is 1. The van der Waals surface area contributed by atoms with Crippen LogP contribution in [0.4, 0.5) is 11.5 Å². The van der Waals surface area contributed by atoms with Crippen LogP contribution in [-0.4, -0.2) is 10.9 Å². The van der Waals surface area contributed by atoms with Crippen molar-refractivity contribution in [1.82, 2.24) is 4.98 Å². The number of amides is 1. The maximum atomic E-state index is 11.7. The number of carbonyl (C=O) groups is 1. The van der Waals surface area contributed by atoms with E-state index in [-0.39, 0.29) is 30.7 Å². The van der Waals surface area contributed by atoms with Gasteiger partial charge in [0.15, 0.2) is 0 Å². The number of nitrogen functional groups attached to an aromatic ring is 1. The summed E-state index contributed by atoms with van der Waals surface area (Å²) in [6, 6.07) is 12.1. The van der Waals surface area contributed by atoms with E-state index in [9.17, 15) is 4.79 Å². The highest BCUT2D eigenvalue weighted by atomic mass is 35.5. The lowest BCUT2D eigenvalue weighted by Gasteiger charge is -2.03. The van der Waals surface area contributed by atoms with Gasteiger partial charge in [0.25, 0.3) is 5.91 Å². The second-order valence-electron chi connectivity index (χ2n) is 3.29. The summed E-state index contributed by atoms with van der Waals surface area (Å²) in [4.78, 5) is 15.7. The number of hydrogen-bond acceptors (Lipinski definition) is 3. The minimum Gasteiger partial charge on any atom is -0.399 e. The Balaban J connectivity index is 0.00000144. The minimum atomic E-state index is -0.196. The number of halogens is 2. The summed E-state index contributed by atoms with van der Waals surface area (Å²) in [6.45, 7) is 0. The number of anilines is 2. The van der Waals surface area contributed by atoms with Crippen molar-refractivity contribution in [3.05, 3.63) is 54.2 Å². The fourth-order valence-corrected chi connectivity index (χ4v) is 1.26. The van der Waals surface area contributed by atoms with Crippen LogP contribution in [0.2, 0.25) is 0 Å². The first-order valence-electron chi connectivity index (χ1n) is 4.83. The van der Waals surface area contributed by atoms with Crippen molar-refractivity contribution in [2.24, 2.45) is 0 Å². The van der Waals surface area contributed by atoms with Crippen molar-refractivity contribution in [3.8, 4) is 0 Å². The zero-order valence-electron chi connectivity index (χ0n) is 9.37. The summed E-state index contributed by atoms with van der Waals surface area (Å²) in [7, 11) is 0. The third kappa shape index (κ3) is 4.24. The van der Waals surface area contributed by atoms with Crippen molar-refractivity contribution in [2.75, 3.05) is 11.1 Å². The molecule has 6 heteroatoms. The first-order chi connectivity index (χ1) is 7.75. The summed E-state index contributed by atoms with van der Waals surface area (Å²) in [5.41, 5.74) is 6.72. The fourth-order valence-electron chi connectivity index (χ4n) is 1.26. The highest BCUT2D eigenvalue weighted by molar-refractivity contribution is 6.03. The molecule has 18 heavy (non-hydrogen) atoms. The lowest BCUT2D eigenvalue weighted by Crippen LogP contribution is -2.12. The molecule has 0 radical (unpaired) electrons. The summed E-state index contributed by atoms with van der Waals surface area (Å²) in [6.07, 6.45) is 1.62. The molecular formula is C12H13Cl2N3O. The van der Waals surface area contributed by atoms with Crippen molar-refractivity contribution >= 4 is 42.2 Å². The van der Waals surface area contributed by atoms with Gasteiger partial charge in [-0.1, -0.05) is 6.07 Å². The minimum absolute atomic E-state index is 0. The van der Waals surface area contributed by atoms with Gasteiger partial charge in [0, 0.05) is 17.4 Å². The Hall–Kier alpha value is -1.78. The first kappa shape index (κ1) is 16.2. The van der Waals surface area contributed by atoms with E-state index in [1.54, 1.807) is 42.6 Å². The maximum Gasteiger partial charge on any atom is 0.256 e. The Morgan fingerprint density at radius 3 is 2.28 bits per heavy atom. The number of pyridine rings is 1. The van der Waals surface area contributed by atoms with Crippen LogP contribution in [0.3, 0.4) is 0 Å². The van der Waals surface area contributed by atoms with Crippen LogP contribution in [0.25, 0.3) is 0 Å². The van der Waals surface area contributed by atoms with Gasteiger partial charge in [-0.05, 0) is 36.4 Å². The van der Waals surface area contributed by atoms with Gasteiger partial charge in [-0.3, -0.25) is 4.79 Å². The molecule has 0 saturated heterocycles. The number of nitrogens with one attached hydrogen (secondary N) is 1. The molecule has 0 spiro atoms. The molecule has 2 rings (SSSR count). The second kappa shape index (κ2) is 7.53. The SMILES string of the molecule is Cl.Cl.Nc1ccc(C(=O)Nc2ccccn2)cc1. The number of aromatic nitrogens is 1. The van der Waals surface area contributed by atoms with Crippen LogP contribution in [0.15, 0.2) is 48.7 Å². The quantitative estimate of drug-likeness (QED) is 0.834. The predicted molar refractivity (Wildman–Crippen MR) is 77.5 cm³/mol. The average Bonchev–Trinajstić information content (AvgIpc) is 2.31. The monoisotopic (exact) mass is 285 g/mol. The van der Waals surface area contributed by atoms with Crippen LogP contribution in [0.5, 0.6) is 0 Å². The summed E-state index contributed by atoms with van der Waals surface area (Å²) in [5, 5.41) is 2.69.